The van der Waals surface area contributed by atoms with Crippen LogP contribution in [0.4, 0.5) is 0 Å². The fraction of sp³-hybridized carbons (Fsp3) is 0.222. The zero-order chi connectivity index (χ0) is 25.7. The maximum absolute atomic E-state index is 11.6. The molecular formula is C27H26N2O6S. The van der Waals surface area contributed by atoms with Crippen molar-refractivity contribution < 1.29 is 29.3 Å². The minimum atomic E-state index is -1.09. The first-order valence-corrected chi connectivity index (χ1v) is 12.3. The van der Waals surface area contributed by atoms with E-state index in [1.165, 1.54) is 10.7 Å². The molecule has 2 aromatic heterocycles. The molecule has 0 spiro atoms. The second kappa shape index (κ2) is 11.1. The number of hydrogen-bond acceptors (Lipinski definition) is 6. The summed E-state index contributed by atoms with van der Waals surface area (Å²) in [5.41, 5.74) is 3.94. The molecule has 1 unspecified atom stereocenters. The number of carboxylic acid groups (broad SMARTS) is 2. The van der Waals surface area contributed by atoms with Crippen molar-refractivity contribution in [3.63, 3.8) is 0 Å². The van der Waals surface area contributed by atoms with Gasteiger partial charge in [0.15, 0.2) is 0 Å². The van der Waals surface area contributed by atoms with Gasteiger partial charge in [0.1, 0.15) is 29.9 Å². The molecule has 0 radical (unpaired) electrons. The van der Waals surface area contributed by atoms with Crippen molar-refractivity contribution in [1.82, 2.24) is 9.78 Å². The number of nitrogens with zero attached hydrogens (tertiary/aromatic N) is 2. The van der Waals surface area contributed by atoms with Gasteiger partial charge in [-0.15, -0.1) is 0 Å². The van der Waals surface area contributed by atoms with E-state index in [2.05, 4.69) is 5.10 Å². The standard InChI is InChI=1S/C27H26N2O6S/c1-17-5-3-4-6-20(17)24(9-10-26(30)31)35-25-13-19(34-15-18-11-12-36-16-18)7-8-21(25)22-14-23(27(32)33)29(2)28-22/h3-8,11-14,16,24H,9-10,15H2,1-2H3,(H,30,31)(H,32,33). The predicted molar refractivity (Wildman–Crippen MR) is 136 cm³/mol. The summed E-state index contributed by atoms with van der Waals surface area (Å²) in [5, 5.41) is 27.2. The van der Waals surface area contributed by atoms with Crippen LogP contribution >= 0.6 is 11.3 Å². The summed E-state index contributed by atoms with van der Waals surface area (Å²) in [6.45, 7) is 2.33. The second-order valence-electron chi connectivity index (χ2n) is 8.32. The van der Waals surface area contributed by atoms with Gasteiger partial charge in [-0.05, 0) is 65.1 Å². The number of aryl methyl sites for hydroxylation is 2. The summed E-state index contributed by atoms with van der Waals surface area (Å²) < 4.78 is 13.7. The molecule has 0 fully saturated rings. The number of thiophene rings is 1. The van der Waals surface area contributed by atoms with Gasteiger partial charge >= 0.3 is 11.9 Å². The lowest BCUT2D eigenvalue weighted by atomic mass is 9.99. The van der Waals surface area contributed by atoms with Crippen molar-refractivity contribution >= 4 is 23.3 Å². The number of rotatable bonds is 11. The number of carbonyl (C=O) groups is 2. The van der Waals surface area contributed by atoms with E-state index in [0.29, 0.717) is 29.4 Å². The number of benzene rings is 2. The first kappa shape index (κ1) is 25.0. The van der Waals surface area contributed by atoms with Crippen molar-refractivity contribution in [2.75, 3.05) is 0 Å². The third-order valence-corrected chi connectivity index (χ3v) is 6.47. The third-order valence-electron chi connectivity index (χ3n) is 5.74. The van der Waals surface area contributed by atoms with Crippen LogP contribution < -0.4 is 9.47 Å². The smallest absolute Gasteiger partial charge is 0.354 e. The van der Waals surface area contributed by atoms with E-state index in [1.54, 1.807) is 36.6 Å². The third kappa shape index (κ3) is 5.92. The number of aliphatic carboxylic acids is 1. The molecule has 2 aromatic carbocycles. The van der Waals surface area contributed by atoms with Crippen molar-refractivity contribution in [3.05, 3.63) is 87.7 Å². The molecule has 0 aliphatic heterocycles. The normalized spacial score (nSPS) is 11.7. The van der Waals surface area contributed by atoms with Gasteiger partial charge < -0.3 is 19.7 Å². The Morgan fingerprint density at radius 1 is 1.11 bits per heavy atom. The summed E-state index contributed by atoms with van der Waals surface area (Å²) in [6.07, 6.45) is -0.367. The summed E-state index contributed by atoms with van der Waals surface area (Å²) in [5.74, 6) is -1.02. The lowest BCUT2D eigenvalue weighted by Gasteiger charge is -2.23. The maximum Gasteiger partial charge on any atom is 0.354 e. The fourth-order valence-corrected chi connectivity index (χ4v) is 4.53. The Kier molecular flexibility index (Phi) is 7.70. The molecule has 0 aliphatic rings. The van der Waals surface area contributed by atoms with E-state index in [4.69, 9.17) is 9.47 Å². The summed E-state index contributed by atoms with van der Waals surface area (Å²) in [6, 6.07) is 16.4. The Hall–Kier alpha value is -4.11. The van der Waals surface area contributed by atoms with E-state index in [1.807, 2.05) is 48.0 Å². The Balaban J connectivity index is 1.73. The van der Waals surface area contributed by atoms with Crippen LogP contribution in [-0.4, -0.2) is 31.9 Å². The average Bonchev–Trinajstić information content (AvgIpc) is 3.50. The quantitative estimate of drug-likeness (QED) is 0.268. The molecule has 4 aromatic rings. The number of aromatic carboxylic acids is 1. The van der Waals surface area contributed by atoms with Gasteiger partial charge in [0.2, 0.25) is 0 Å². The lowest BCUT2D eigenvalue weighted by Crippen LogP contribution is -2.12. The van der Waals surface area contributed by atoms with Crippen LogP contribution in [0.15, 0.2) is 65.4 Å². The molecule has 4 rings (SSSR count). The summed E-state index contributed by atoms with van der Waals surface area (Å²) in [7, 11) is 1.56. The Morgan fingerprint density at radius 2 is 1.92 bits per heavy atom. The van der Waals surface area contributed by atoms with Crippen molar-refractivity contribution in [3.8, 4) is 22.8 Å². The largest absolute Gasteiger partial charge is 0.489 e. The van der Waals surface area contributed by atoms with Gasteiger partial charge in [0, 0.05) is 25.1 Å². The van der Waals surface area contributed by atoms with Gasteiger partial charge in [0.25, 0.3) is 0 Å². The zero-order valence-electron chi connectivity index (χ0n) is 19.9. The van der Waals surface area contributed by atoms with Crippen LogP contribution in [0.2, 0.25) is 0 Å². The number of hydrogen-bond donors (Lipinski definition) is 2. The highest BCUT2D eigenvalue weighted by Crippen LogP contribution is 2.38. The Morgan fingerprint density at radius 3 is 2.58 bits per heavy atom. The molecule has 0 saturated heterocycles. The molecule has 2 N–H and O–H groups in total. The van der Waals surface area contributed by atoms with Gasteiger partial charge in [0.05, 0.1) is 5.69 Å². The molecule has 0 amide bonds. The highest BCUT2D eigenvalue weighted by molar-refractivity contribution is 7.07. The number of aromatic nitrogens is 2. The van der Waals surface area contributed by atoms with E-state index in [9.17, 15) is 19.8 Å². The number of carboxylic acids is 2. The van der Waals surface area contributed by atoms with Gasteiger partial charge in [-0.1, -0.05) is 24.3 Å². The molecule has 0 bridgehead atoms. The van der Waals surface area contributed by atoms with E-state index in [0.717, 1.165) is 16.7 Å². The van der Waals surface area contributed by atoms with Crippen molar-refractivity contribution in [2.45, 2.75) is 32.5 Å². The molecule has 0 aliphatic carbocycles. The average molecular weight is 507 g/mol. The molecule has 1 atom stereocenters. The lowest BCUT2D eigenvalue weighted by molar-refractivity contribution is -0.137. The maximum atomic E-state index is 11.6. The predicted octanol–water partition coefficient (Wildman–Crippen LogP) is 5.72. The van der Waals surface area contributed by atoms with Gasteiger partial charge in [-0.2, -0.15) is 16.4 Å². The van der Waals surface area contributed by atoms with Gasteiger partial charge in [-0.3, -0.25) is 9.48 Å². The second-order valence-corrected chi connectivity index (χ2v) is 9.10. The molecule has 8 nitrogen and oxygen atoms in total. The Bertz CT molecular complexity index is 1360. The van der Waals surface area contributed by atoms with Gasteiger partial charge in [-0.25, -0.2) is 4.79 Å². The molecule has 9 heteroatoms. The van der Waals surface area contributed by atoms with Crippen LogP contribution in [0.3, 0.4) is 0 Å². The van der Waals surface area contributed by atoms with Crippen LogP contribution in [0, 0.1) is 6.92 Å². The molecule has 0 saturated carbocycles. The minimum absolute atomic E-state index is 0.0371. The SMILES string of the molecule is Cc1ccccc1C(CCC(=O)O)Oc1cc(OCc2ccsc2)ccc1-c1cc(C(=O)O)n(C)n1. The van der Waals surface area contributed by atoms with Crippen molar-refractivity contribution in [2.24, 2.45) is 7.05 Å². The van der Waals surface area contributed by atoms with Crippen LogP contribution in [-0.2, 0) is 18.4 Å². The van der Waals surface area contributed by atoms with E-state index < -0.39 is 18.0 Å². The molecule has 36 heavy (non-hydrogen) atoms. The first-order chi connectivity index (χ1) is 17.3. The Labute approximate surface area is 212 Å². The summed E-state index contributed by atoms with van der Waals surface area (Å²) in [4.78, 5) is 23.0. The first-order valence-electron chi connectivity index (χ1n) is 11.3. The highest BCUT2D eigenvalue weighted by atomic mass is 32.1. The summed E-state index contributed by atoms with van der Waals surface area (Å²) >= 11 is 1.59. The minimum Gasteiger partial charge on any atom is -0.489 e. The molecule has 2 heterocycles. The van der Waals surface area contributed by atoms with Crippen LogP contribution in [0.5, 0.6) is 11.5 Å². The number of ether oxygens (including phenoxy) is 2. The zero-order valence-corrected chi connectivity index (χ0v) is 20.7. The molecular weight excluding hydrogens is 480 g/mol. The van der Waals surface area contributed by atoms with Crippen LogP contribution in [0.25, 0.3) is 11.3 Å². The molecule has 186 valence electrons. The van der Waals surface area contributed by atoms with E-state index in [-0.39, 0.29) is 18.5 Å². The fourth-order valence-electron chi connectivity index (χ4n) is 3.88. The topological polar surface area (TPSA) is 111 Å². The van der Waals surface area contributed by atoms with Crippen molar-refractivity contribution in [1.29, 1.82) is 0 Å². The van der Waals surface area contributed by atoms with E-state index >= 15 is 0 Å². The van der Waals surface area contributed by atoms with Crippen LogP contribution in [0.1, 0.15) is 46.1 Å². The monoisotopic (exact) mass is 506 g/mol. The highest BCUT2D eigenvalue weighted by Gasteiger charge is 2.22.